The van der Waals surface area contributed by atoms with Gasteiger partial charge in [0.2, 0.25) is 11.5 Å². The number of rotatable bonds is 4. The van der Waals surface area contributed by atoms with E-state index in [9.17, 15) is 23.9 Å². The summed E-state index contributed by atoms with van der Waals surface area (Å²) in [4.78, 5) is 40.1. The molecule has 0 radical (unpaired) electrons. The second-order valence-corrected chi connectivity index (χ2v) is 8.25. The molecule has 1 unspecified atom stereocenters. The first-order valence-corrected chi connectivity index (χ1v) is 9.61. The first-order valence-electron chi connectivity index (χ1n) is 9.23. The minimum atomic E-state index is -2.12. The Balaban J connectivity index is 1.37. The summed E-state index contributed by atoms with van der Waals surface area (Å²) in [6, 6.07) is 3.86. The SMILES string of the molecule is CC(=O)N1C[C@@H]2[C@H](C1)[C@H]2N1CCC(O)(C(=O)NCc2cc(F)cc(Cl)c2)C1=O. The number of aliphatic hydroxyl groups is 1. The Kier molecular flexibility index (Phi) is 4.58. The Bertz CT molecular complexity index is 833. The van der Waals surface area contributed by atoms with Crippen molar-refractivity contribution in [1.82, 2.24) is 15.1 Å². The quantitative estimate of drug-likeness (QED) is 0.710. The fourth-order valence-corrected chi connectivity index (χ4v) is 4.72. The van der Waals surface area contributed by atoms with Crippen molar-refractivity contribution in [3.63, 3.8) is 0 Å². The van der Waals surface area contributed by atoms with Crippen molar-refractivity contribution in [2.24, 2.45) is 11.8 Å². The lowest BCUT2D eigenvalue weighted by Gasteiger charge is -2.25. The maximum Gasteiger partial charge on any atom is 0.264 e. The number of likely N-dealkylation sites (tertiary alicyclic amines) is 2. The van der Waals surface area contributed by atoms with Gasteiger partial charge in [-0.2, -0.15) is 0 Å². The summed E-state index contributed by atoms with van der Waals surface area (Å²) in [5.74, 6) is -1.47. The fourth-order valence-electron chi connectivity index (χ4n) is 4.48. The van der Waals surface area contributed by atoms with Crippen LogP contribution >= 0.6 is 11.6 Å². The van der Waals surface area contributed by atoms with Crippen molar-refractivity contribution in [2.45, 2.75) is 31.5 Å². The Hall–Kier alpha value is -2.19. The summed E-state index contributed by atoms with van der Waals surface area (Å²) in [6.45, 7) is 2.99. The second kappa shape index (κ2) is 6.70. The van der Waals surface area contributed by atoms with Crippen LogP contribution < -0.4 is 5.32 Å². The smallest absolute Gasteiger partial charge is 0.264 e. The Morgan fingerprint density at radius 2 is 2.00 bits per heavy atom. The molecular formula is C19H21ClFN3O4. The van der Waals surface area contributed by atoms with Crippen LogP contribution in [0.25, 0.3) is 0 Å². The van der Waals surface area contributed by atoms with Crippen molar-refractivity contribution in [3.8, 4) is 0 Å². The van der Waals surface area contributed by atoms with Gasteiger partial charge in [0, 0.05) is 62.4 Å². The number of halogens is 2. The highest BCUT2D eigenvalue weighted by Gasteiger charge is 2.64. The number of carbonyl (C=O) groups excluding carboxylic acids is 3. The average molecular weight is 410 g/mol. The van der Waals surface area contributed by atoms with Crippen LogP contribution in [0.2, 0.25) is 5.02 Å². The average Bonchev–Trinajstić information content (AvgIpc) is 2.97. The molecule has 7 nitrogen and oxygen atoms in total. The number of hydrogen-bond acceptors (Lipinski definition) is 4. The number of hydrogen-bond donors (Lipinski definition) is 2. The lowest BCUT2D eigenvalue weighted by Crippen LogP contribution is -2.53. The van der Waals surface area contributed by atoms with E-state index in [-0.39, 0.29) is 41.8 Å². The van der Waals surface area contributed by atoms with Crippen molar-refractivity contribution < 1.29 is 23.9 Å². The third kappa shape index (κ3) is 3.14. The molecule has 9 heteroatoms. The Morgan fingerprint density at radius 1 is 1.32 bits per heavy atom. The highest BCUT2D eigenvalue weighted by Crippen LogP contribution is 2.50. The monoisotopic (exact) mass is 409 g/mol. The lowest BCUT2D eigenvalue weighted by molar-refractivity contribution is -0.154. The van der Waals surface area contributed by atoms with Crippen LogP contribution in [0.3, 0.4) is 0 Å². The highest BCUT2D eigenvalue weighted by molar-refractivity contribution is 6.30. The minimum absolute atomic E-state index is 0.00787. The number of nitrogens with zero attached hydrogens (tertiary/aromatic N) is 2. The van der Waals surface area contributed by atoms with Crippen LogP contribution in [0.1, 0.15) is 18.9 Å². The molecule has 4 rings (SSSR count). The second-order valence-electron chi connectivity index (χ2n) is 7.81. The van der Waals surface area contributed by atoms with E-state index in [4.69, 9.17) is 11.6 Å². The lowest BCUT2D eigenvalue weighted by atomic mass is 10.0. The maximum absolute atomic E-state index is 13.4. The van der Waals surface area contributed by atoms with E-state index in [0.717, 1.165) is 6.07 Å². The molecule has 150 valence electrons. The highest BCUT2D eigenvalue weighted by atomic mass is 35.5. The van der Waals surface area contributed by atoms with Crippen LogP contribution in [0.5, 0.6) is 0 Å². The van der Waals surface area contributed by atoms with Gasteiger partial charge in [-0.05, 0) is 23.8 Å². The van der Waals surface area contributed by atoms with E-state index in [1.54, 1.807) is 9.80 Å². The number of fused-ring (bicyclic) bond motifs is 1. The molecule has 3 fully saturated rings. The molecule has 4 atom stereocenters. The van der Waals surface area contributed by atoms with E-state index in [1.807, 2.05) is 0 Å². The summed E-state index contributed by atoms with van der Waals surface area (Å²) in [5, 5.41) is 13.4. The van der Waals surface area contributed by atoms with Crippen LogP contribution in [-0.4, -0.2) is 63.9 Å². The predicted octanol–water partition coefficient (Wildman–Crippen LogP) is 0.535. The fraction of sp³-hybridized carbons (Fsp3) is 0.526. The van der Waals surface area contributed by atoms with Crippen molar-refractivity contribution in [1.29, 1.82) is 0 Å². The number of nitrogens with one attached hydrogen (secondary N) is 1. The van der Waals surface area contributed by atoms with Crippen LogP contribution in [0, 0.1) is 17.7 Å². The molecular weight excluding hydrogens is 389 g/mol. The van der Waals surface area contributed by atoms with Crippen molar-refractivity contribution >= 4 is 29.3 Å². The van der Waals surface area contributed by atoms with Gasteiger partial charge in [-0.3, -0.25) is 14.4 Å². The molecule has 1 saturated carbocycles. The normalized spacial score (nSPS) is 31.1. The first kappa shape index (κ1) is 19.1. The molecule has 28 heavy (non-hydrogen) atoms. The van der Waals surface area contributed by atoms with Crippen LogP contribution in [0.15, 0.2) is 18.2 Å². The third-order valence-electron chi connectivity index (χ3n) is 6.03. The largest absolute Gasteiger partial charge is 0.372 e. The van der Waals surface area contributed by atoms with Gasteiger partial charge < -0.3 is 20.2 Å². The summed E-state index contributed by atoms with van der Waals surface area (Å²) >= 11 is 5.79. The topological polar surface area (TPSA) is 89.9 Å². The van der Waals surface area contributed by atoms with E-state index < -0.39 is 23.2 Å². The molecule has 1 aromatic carbocycles. The van der Waals surface area contributed by atoms with E-state index in [1.165, 1.54) is 19.1 Å². The molecule has 0 spiro atoms. The van der Waals surface area contributed by atoms with E-state index in [0.29, 0.717) is 25.2 Å². The zero-order valence-corrected chi connectivity index (χ0v) is 16.1. The molecule has 2 N–H and O–H groups in total. The van der Waals surface area contributed by atoms with Gasteiger partial charge in [-0.15, -0.1) is 0 Å². The van der Waals surface area contributed by atoms with Gasteiger partial charge in [-0.1, -0.05) is 11.6 Å². The minimum Gasteiger partial charge on any atom is -0.372 e. The molecule has 1 aliphatic carbocycles. The molecule has 3 aliphatic rings. The van der Waals surface area contributed by atoms with Crippen molar-refractivity contribution in [2.75, 3.05) is 19.6 Å². The zero-order chi connectivity index (χ0) is 20.2. The van der Waals surface area contributed by atoms with Gasteiger partial charge in [0.15, 0.2) is 0 Å². The first-order chi connectivity index (χ1) is 13.2. The van der Waals surface area contributed by atoms with E-state index >= 15 is 0 Å². The molecule has 0 aromatic heterocycles. The number of piperidine rings is 1. The summed E-state index contributed by atoms with van der Waals surface area (Å²) < 4.78 is 13.4. The van der Waals surface area contributed by atoms with Gasteiger partial charge in [0.25, 0.3) is 11.8 Å². The van der Waals surface area contributed by atoms with Gasteiger partial charge in [-0.25, -0.2) is 4.39 Å². The standard InChI is InChI=1S/C19H21ClFN3O4/c1-10(25)23-8-14-15(9-23)16(14)24-3-2-19(28,18(24)27)17(26)22-7-11-4-12(20)6-13(21)5-11/h4-6,14-16,28H,2-3,7-9H2,1H3,(H,22,26)/t14-,15+,16+,19?. The van der Waals surface area contributed by atoms with E-state index in [2.05, 4.69) is 5.32 Å². The zero-order valence-electron chi connectivity index (χ0n) is 15.3. The van der Waals surface area contributed by atoms with Crippen molar-refractivity contribution in [3.05, 3.63) is 34.6 Å². The maximum atomic E-state index is 13.4. The summed E-state index contributed by atoms with van der Waals surface area (Å²) in [6.07, 6.45) is 0.00787. The van der Waals surface area contributed by atoms with Gasteiger partial charge >= 0.3 is 0 Å². The number of benzene rings is 1. The molecule has 0 bridgehead atoms. The molecule has 3 amide bonds. The van der Waals surface area contributed by atoms with Crippen LogP contribution in [0.4, 0.5) is 4.39 Å². The predicted molar refractivity (Wildman–Crippen MR) is 97.6 cm³/mol. The van der Waals surface area contributed by atoms with Crippen LogP contribution in [-0.2, 0) is 20.9 Å². The molecule has 1 aromatic rings. The Labute approximate surface area is 166 Å². The third-order valence-corrected chi connectivity index (χ3v) is 6.25. The number of carbonyl (C=O) groups is 3. The Morgan fingerprint density at radius 3 is 2.61 bits per heavy atom. The summed E-state index contributed by atoms with van der Waals surface area (Å²) in [5.41, 5.74) is -1.68. The summed E-state index contributed by atoms with van der Waals surface area (Å²) in [7, 11) is 0. The molecule has 2 aliphatic heterocycles. The van der Waals surface area contributed by atoms with Gasteiger partial charge in [0.05, 0.1) is 0 Å². The number of amides is 3. The van der Waals surface area contributed by atoms with Gasteiger partial charge in [0.1, 0.15) is 5.82 Å². The molecule has 2 heterocycles. The molecule has 2 saturated heterocycles.